The number of thiazole rings is 1. The molecule has 3 nitrogen and oxygen atoms in total. The molecule has 0 atom stereocenters. The lowest BCUT2D eigenvalue weighted by Crippen LogP contribution is -2.11. The fourth-order valence-electron chi connectivity index (χ4n) is 1.42. The first-order valence-corrected chi connectivity index (χ1v) is 6.42. The van der Waals surface area contributed by atoms with Crippen molar-refractivity contribution < 1.29 is 0 Å². The summed E-state index contributed by atoms with van der Waals surface area (Å²) in [6.07, 6.45) is 0. The lowest BCUT2D eigenvalue weighted by atomic mass is 9.93. The lowest BCUT2D eigenvalue weighted by molar-refractivity contribution is 0.573. The van der Waals surface area contributed by atoms with Crippen molar-refractivity contribution >= 4 is 27.8 Å². The fraction of sp³-hybridized carbons (Fsp3) is 0.308. The summed E-state index contributed by atoms with van der Waals surface area (Å²) in [5.41, 5.74) is 8.65. The minimum absolute atomic E-state index is 0.0894. The van der Waals surface area contributed by atoms with Crippen molar-refractivity contribution in [3.8, 4) is 0 Å². The molecule has 90 valence electrons. The minimum Gasteiger partial charge on any atom is -0.399 e. The summed E-state index contributed by atoms with van der Waals surface area (Å²) in [6, 6.07) is 7.68. The van der Waals surface area contributed by atoms with E-state index in [1.54, 1.807) is 11.3 Å². The van der Waals surface area contributed by atoms with Gasteiger partial charge in [-0.15, -0.1) is 11.3 Å². The third-order valence-corrected chi connectivity index (χ3v) is 3.17. The zero-order valence-electron chi connectivity index (χ0n) is 10.3. The van der Waals surface area contributed by atoms with Crippen molar-refractivity contribution in [2.75, 3.05) is 11.1 Å². The van der Waals surface area contributed by atoms with E-state index in [9.17, 15) is 0 Å². The molecule has 0 fully saturated rings. The molecule has 0 amide bonds. The Morgan fingerprint density at radius 2 is 2.06 bits per heavy atom. The number of anilines is 3. The van der Waals surface area contributed by atoms with E-state index in [0.29, 0.717) is 0 Å². The second kappa shape index (κ2) is 4.37. The molecule has 0 unspecified atom stereocenters. The van der Waals surface area contributed by atoms with Crippen molar-refractivity contribution in [3.05, 3.63) is 35.3 Å². The molecule has 3 N–H and O–H groups in total. The fourth-order valence-corrected chi connectivity index (χ4v) is 2.37. The summed E-state index contributed by atoms with van der Waals surface area (Å²) in [5, 5.41) is 6.26. The van der Waals surface area contributed by atoms with Crippen LogP contribution < -0.4 is 11.1 Å². The summed E-state index contributed by atoms with van der Waals surface area (Å²) in [5.74, 6) is 0. The molecule has 2 aromatic rings. The first kappa shape index (κ1) is 11.9. The third-order valence-electron chi connectivity index (χ3n) is 2.41. The van der Waals surface area contributed by atoms with Gasteiger partial charge < -0.3 is 11.1 Å². The van der Waals surface area contributed by atoms with Crippen molar-refractivity contribution in [1.29, 1.82) is 0 Å². The molecular weight excluding hydrogens is 230 g/mol. The van der Waals surface area contributed by atoms with Crippen molar-refractivity contribution in [3.63, 3.8) is 0 Å². The second-order valence-corrected chi connectivity index (χ2v) is 5.90. The molecule has 1 aromatic carbocycles. The van der Waals surface area contributed by atoms with Gasteiger partial charge in [-0.2, -0.15) is 0 Å². The van der Waals surface area contributed by atoms with E-state index in [4.69, 9.17) is 5.73 Å². The van der Waals surface area contributed by atoms with Crippen LogP contribution in [0, 0.1) is 0 Å². The van der Waals surface area contributed by atoms with E-state index in [1.165, 1.54) is 0 Å². The van der Waals surface area contributed by atoms with E-state index in [1.807, 2.05) is 24.3 Å². The average molecular weight is 247 g/mol. The maximum Gasteiger partial charge on any atom is 0.187 e. The number of rotatable bonds is 2. The topological polar surface area (TPSA) is 50.9 Å². The molecular formula is C13H17N3S. The highest BCUT2D eigenvalue weighted by Gasteiger charge is 2.17. The van der Waals surface area contributed by atoms with Crippen LogP contribution in [0.5, 0.6) is 0 Å². The summed E-state index contributed by atoms with van der Waals surface area (Å²) < 4.78 is 0. The van der Waals surface area contributed by atoms with Crippen LogP contribution in [-0.4, -0.2) is 4.98 Å². The second-order valence-electron chi connectivity index (χ2n) is 5.04. The number of aromatic nitrogens is 1. The predicted molar refractivity (Wildman–Crippen MR) is 75.0 cm³/mol. The standard InChI is InChI=1S/C13H17N3S/c1-13(2,3)11-8-17-12(16-11)15-10-6-4-5-9(14)7-10/h4-8H,14H2,1-3H3,(H,15,16). The zero-order chi connectivity index (χ0) is 12.5. The van der Waals surface area contributed by atoms with Crippen LogP contribution in [0.2, 0.25) is 0 Å². The summed E-state index contributed by atoms with van der Waals surface area (Å²) in [4.78, 5) is 4.57. The monoisotopic (exact) mass is 247 g/mol. The molecule has 0 spiro atoms. The van der Waals surface area contributed by atoms with Crippen LogP contribution in [0.15, 0.2) is 29.6 Å². The van der Waals surface area contributed by atoms with E-state index in [0.717, 1.165) is 22.2 Å². The Kier molecular flexibility index (Phi) is 3.07. The Morgan fingerprint density at radius 3 is 2.65 bits per heavy atom. The number of nitrogens with zero attached hydrogens (tertiary/aromatic N) is 1. The number of benzene rings is 1. The third kappa shape index (κ3) is 2.97. The van der Waals surface area contributed by atoms with Gasteiger partial charge in [0.15, 0.2) is 5.13 Å². The van der Waals surface area contributed by atoms with Crippen molar-refractivity contribution in [2.45, 2.75) is 26.2 Å². The van der Waals surface area contributed by atoms with Gasteiger partial charge in [0, 0.05) is 22.2 Å². The lowest BCUT2D eigenvalue weighted by Gasteiger charge is -2.14. The number of hydrogen-bond donors (Lipinski definition) is 2. The highest BCUT2D eigenvalue weighted by atomic mass is 32.1. The Balaban J connectivity index is 2.17. The van der Waals surface area contributed by atoms with Crippen LogP contribution in [0.4, 0.5) is 16.5 Å². The van der Waals surface area contributed by atoms with Gasteiger partial charge in [0.2, 0.25) is 0 Å². The van der Waals surface area contributed by atoms with Gasteiger partial charge in [0.1, 0.15) is 0 Å². The van der Waals surface area contributed by atoms with Gasteiger partial charge in [-0.3, -0.25) is 0 Å². The quantitative estimate of drug-likeness (QED) is 0.794. The number of nitrogens with one attached hydrogen (secondary N) is 1. The number of nitrogens with two attached hydrogens (primary N) is 1. The molecule has 0 aliphatic rings. The Bertz CT molecular complexity index is 511. The van der Waals surface area contributed by atoms with E-state index < -0.39 is 0 Å². The van der Waals surface area contributed by atoms with Crippen LogP contribution >= 0.6 is 11.3 Å². The molecule has 1 aromatic heterocycles. The van der Waals surface area contributed by atoms with E-state index >= 15 is 0 Å². The molecule has 0 radical (unpaired) electrons. The molecule has 4 heteroatoms. The van der Waals surface area contributed by atoms with Crippen molar-refractivity contribution in [2.24, 2.45) is 0 Å². The Hall–Kier alpha value is -1.55. The SMILES string of the molecule is CC(C)(C)c1csc(Nc2cccc(N)c2)n1. The molecule has 0 bridgehead atoms. The van der Waals surface area contributed by atoms with Crippen LogP contribution in [-0.2, 0) is 5.41 Å². The van der Waals surface area contributed by atoms with Crippen LogP contribution in [0.1, 0.15) is 26.5 Å². The summed E-state index contributed by atoms with van der Waals surface area (Å²) in [6.45, 7) is 6.48. The molecule has 0 aliphatic carbocycles. The van der Waals surface area contributed by atoms with E-state index in [-0.39, 0.29) is 5.41 Å². The van der Waals surface area contributed by atoms with Gasteiger partial charge in [-0.1, -0.05) is 26.8 Å². The number of hydrogen-bond acceptors (Lipinski definition) is 4. The van der Waals surface area contributed by atoms with Gasteiger partial charge in [0.05, 0.1) is 5.69 Å². The first-order chi connectivity index (χ1) is 7.95. The highest BCUT2D eigenvalue weighted by molar-refractivity contribution is 7.13. The maximum atomic E-state index is 5.73. The smallest absolute Gasteiger partial charge is 0.187 e. The Morgan fingerprint density at radius 1 is 1.29 bits per heavy atom. The molecule has 17 heavy (non-hydrogen) atoms. The minimum atomic E-state index is 0.0894. The van der Waals surface area contributed by atoms with Crippen molar-refractivity contribution in [1.82, 2.24) is 4.98 Å². The largest absolute Gasteiger partial charge is 0.399 e. The molecule has 0 aliphatic heterocycles. The van der Waals surface area contributed by atoms with Gasteiger partial charge in [0.25, 0.3) is 0 Å². The normalized spacial score (nSPS) is 11.5. The summed E-state index contributed by atoms with van der Waals surface area (Å²) in [7, 11) is 0. The van der Waals surface area contributed by atoms with Crippen LogP contribution in [0.3, 0.4) is 0 Å². The zero-order valence-corrected chi connectivity index (χ0v) is 11.1. The molecule has 2 rings (SSSR count). The van der Waals surface area contributed by atoms with Crippen LogP contribution in [0.25, 0.3) is 0 Å². The first-order valence-electron chi connectivity index (χ1n) is 5.54. The molecule has 0 saturated heterocycles. The van der Waals surface area contributed by atoms with Gasteiger partial charge in [-0.05, 0) is 18.2 Å². The number of nitrogen functional groups attached to an aromatic ring is 1. The van der Waals surface area contributed by atoms with E-state index in [2.05, 4.69) is 36.5 Å². The predicted octanol–water partition coefficient (Wildman–Crippen LogP) is 3.77. The molecule has 0 saturated carbocycles. The maximum absolute atomic E-state index is 5.73. The summed E-state index contributed by atoms with van der Waals surface area (Å²) >= 11 is 1.61. The van der Waals surface area contributed by atoms with Gasteiger partial charge >= 0.3 is 0 Å². The Labute approximate surface area is 106 Å². The molecule has 1 heterocycles. The van der Waals surface area contributed by atoms with Gasteiger partial charge in [-0.25, -0.2) is 4.98 Å². The average Bonchev–Trinajstić information content (AvgIpc) is 2.65. The highest BCUT2D eigenvalue weighted by Crippen LogP contribution is 2.28.